The minimum Gasteiger partial charge on any atom is -0.372 e. The van der Waals surface area contributed by atoms with Crippen LogP contribution in [0.2, 0.25) is 0 Å². The monoisotopic (exact) mass is 363 g/mol. The number of hydrogen-bond donors (Lipinski definition) is 2. The Bertz CT molecular complexity index is 668. The Balaban J connectivity index is 1.50. The van der Waals surface area contributed by atoms with Gasteiger partial charge in [-0.2, -0.15) is 0 Å². The van der Waals surface area contributed by atoms with Gasteiger partial charge in [-0.15, -0.1) is 0 Å². The zero-order valence-corrected chi connectivity index (χ0v) is 15.3. The molecule has 1 saturated heterocycles. The molecule has 2 N–H and O–H groups in total. The highest BCUT2D eigenvalue weighted by molar-refractivity contribution is 5.86. The summed E-state index contributed by atoms with van der Waals surface area (Å²) in [5, 5.41) is 5.31. The topological polar surface area (TPSA) is 70.7 Å². The van der Waals surface area contributed by atoms with Crippen LogP contribution >= 0.6 is 0 Å². The standard InChI is InChI=1S/C19H26FN3O3/c1-12-10-23(11-13(2)26-12)17-6-3-14(7-16(17)20)8-21-18(24)9-22-19(25)15-4-5-15/h3,6-7,12-13,15H,4-5,8-11H2,1-2H3,(H,21,24)(H,22,25)/t12-,13-/m0/s1. The molecule has 1 heterocycles. The first-order valence-corrected chi connectivity index (χ1v) is 9.15. The maximum atomic E-state index is 14.5. The van der Waals surface area contributed by atoms with E-state index in [9.17, 15) is 14.0 Å². The van der Waals surface area contributed by atoms with Gasteiger partial charge in [0.2, 0.25) is 11.8 Å². The summed E-state index contributed by atoms with van der Waals surface area (Å²) in [6, 6.07) is 5.01. The fraction of sp³-hybridized carbons (Fsp3) is 0.579. The van der Waals surface area contributed by atoms with Crippen LogP contribution in [0.3, 0.4) is 0 Å². The molecule has 0 spiro atoms. The van der Waals surface area contributed by atoms with Crippen LogP contribution in [0.4, 0.5) is 10.1 Å². The fourth-order valence-corrected chi connectivity index (χ4v) is 3.21. The second-order valence-electron chi connectivity index (χ2n) is 7.22. The molecule has 1 aromatic carbocycles. The second-order valence-corrected chi connectivity index (χ2v) is 7.22. The lowest BCUT2D eigenvalue weighted by Crippen LogP contribution is -2.45. The van der Waals surface area contributed by atoms with Crippen LogP contribution in [0.1, 0.15) is 32.3 Å². The fourth-order valence-electron chi connectivity index (χ4n) is 3.21. The van der Waals surface area contributed by atoms with Gasteiger partial charge < -0.3 is 20.3 Å². The molecule has 1 aliphatic heterocycles. The van der Waals surface area contributed by atoms with Crippen LogP contribution in [0.25, 0.3) is 0 Å². The first-order chi connectivity index (χ1) is 12.4. The van der Waals surface area contributed by atoms with Gasteiger partial charge in [-0.25, -0.2) is 4.39 Å². The predicted molar refractivity (Wildman–Crippen MR) is 96.2 cm³/mol. The molecule has 6 nitrogen and oxygen atoms in total. The summed E-state index contributed by atoms with van der Waals surface area (Å²) >= 11 is 0. The highest BCUT2D eigenvalue weighted by atomic mass is 19.1. The lowest BCUT2D eigenvalue weighted by Gasteiger charge is -2.37. The van der Waals surface area contributed by atoms with Crippen LogP contribution < -0.4 is 15.5 Å². The predicted octanol–water partition coefficient (Wildman–Crippen LogP) is 1.58. The van der Waals surface area contributed by atoms with Crippen LogP contribution in [0.15, 0.2) is 18.2 Å². The van der Waals surface area contributed by atoms with Gasteiger partial charge >= 0.3 is 0 Å². The van der Waals surface area contributed by atoms with Gasteiger partial charge in [0.15, 0.2) is 0 Å². The molecule has 0 bridgehead atoms. The van der Waals surface area contributed by atoms with E-state index in [1.807, 2.05) is 24.8 Å². The van der Waals surface area contributed by atoms with Crippen molar-refractivity contribution in [3.8, 4) is 0 Å². The van der Waals surface area contributed by atoms with Gasteiger partial charge in [-0.05, 0) is 44.4 Å². The second kappa shape index (κ2) is 8.03. The number of anilines is 1. The third kappa shape index (κ3) is 4.94. The largest absolute Gasteiger partial charge is 0.372 e. The first-order valence-electron chi connectivity index (χ1n) is 9.15. The van der Waals surface area contributed by atoms with Crippen molar-refractivity contribution in [2.45, 2.75) is 45.4 Å². The van der Waals surface area contributed by atoms with Crippen LogP contribution in [0, 0.1) is 11.7 Å². The third-order valence-electron chi connectivity index (χ3n) is 4.63. The zero-order valence-electron chi connectivity index (χ0n) is 15.3. The summed E-state index contributed by atoms with van der Waals surface area (Å²) in [5.74, 6) is -0.570. The number of carbonyl (C=O) groups excluding carboxylic acids is 2. The number of morpholine rings is 1. The number of carbonyl (C=O) groups is 2. The molecule has 1 aliphatic carbocycles. The lowest BCUT2D eigenvalue weighted by molar-refractivity contribution is -0.126. The van der Waals surface area contributed by atoms with Gasteiger partial charge in [0, 0.05) is 25.6 Å². The van der Waals surface area contributed by atoms with Crippen LogP contribution in [-0.4, -0.2) is 43.7 Å². The molecule has 2 fully saturated rings. The van der Waals surface area contributed by atoms with E-state index < -0.39 is 0 Å². The Morgan fingerprint density at radius 2 is 1.88 bits per heavy atom. The smallest absolute Gasteiger partial charge is 0.239 e. The summed E-state index contributed by atoms with van der Waals surface area (Å²) in [5.41, 5.74) is 1.24. The minimum absolute atomic E-state index is 0.0422. The van der Waals surface area contributed by atoms with E-state index in [1.165, 1.54) is 6.07 Å². The third-order valence-corrected chi connectivity index (χ3v) is 4.63. The molecule has 1 saturated carbocycles. The molecule has 142 valence electrons. The number of halogens is 1. The summed E-state index contributed by atoms with van der Waals surface area (Å²) in [7, 11) is 0. The Hall–Kier alpha value is -2.15. The average molecular weight is 363 g/mol. The molecule has 0 unspecified atom stereocenters. The van der Waals surface area contributed by atoms with E-state index in [0.29, 0.717) is 24.3 Å². The molecule has 26 heavy (non-hydrogen) atoms. The number of amides is 2. The van der Waals surface area contributed by atoms with Crippen molar-refractivity contribution in [3.63, 3.8) is 0 Å². The number of nitrogens with one attached hydrogen (secondary N) is 2. The Labute approximate surface area is 153 Å². The quantitative estimate of drug-likeness (QED) is 0.805. The molecular weight excluding hydrogens is 337 g/mol. The number of rotatable bonds is 6. The van der Waals surface area contributed by atoms with Gasteiger partial charge in [-0.3, -0.25) is 9.59 Å². The van der Waals surface area contributed by atoms with Crippen molar-refractivity contribution in [1.82, 2.24) is 10.6 Å². The van der Waals surface area contributed by atoms with Crippen LogP contribution in [0.5, 0.6) is 0 Å². The van der Waals surface area contributed by atoms with Crippen molar-refractivity contribution < 1.29 is 18.7 Å². The number of ether oxygens (including phenoxy) is 1. The normalized spacial score (nSPS) is 22.8. The molecule has 7 heteroatoms. The van der Waals surface area contributed by atoms with Gasteiger partial charge in [-0.1, -0.05) is 6.07 Å². The summed E-state index contributed by atoms with van der Waals surface area (Å²) in [6.45, 7) is 5.44. The first kappa shape index (κ1) is 18.6. The highest BCUT2D eigenvalue weighted by Crippen LogP contribution is 2.28. The Morgan fingerprint density at radius 1 is 1.19 bits per heavy atom. The van der Waals surface area contributed by atoms with E-state index in [2.05, 4.69) is 10.6 Å². The van der Waals surface area contributed by atoms with Crippen molar-refractivity contribution in [1.29, 1.82) is 0 Å². The van der Waals surface area contributed by atoms with Gasteiger partial charge in [0.25, 0.3) is 0 Å². The number of hydrogen-bond acceptors (Lipinski definition) is 4. The van der Waals surface area contributed by atoms with Crippen molar-refractivity contribution >= 4 is 17.5 Å². The molecule has 0 aromatic heterocycles. The number of nitrogens with zero attached hydrogens (tertiary/aromatic N) is 1. The maximum Gasteiger partial charge on any atom is 0.239 e. The van der Waals surface area contributed by atoms with Crippen molar-refractivity contribution in [2.24, 2.45) is 5.92 Å². The SMILES string of the molecule is C[C@H]1CN(c2ccc(CNC(=O)CNC(=O)C3CC3)cc2F)C[C@H](C)O1. The summed E-state index contributed by atoms with van der Waals surface area (Å²) < 4.78 is 20.2. The van der Waals surface area contributed by atoms with E-state index >= 15 is 0 Å². The molecule has 2 atom stereocenters. The van der Waals surface area contributed by atoms with Crippen molar-refractivity contribution in [2.75, 3.05) is 24.5 Å². The summed E-state index contributed by atoms with van der Waals surface area (Å²) in [4.78, 5) is 25.3. The minimum atomic E-state index is -0.305. The van der Waals surface area contributed by atoms with Gasteiger partial charge in [0.05, 0.1) is 24.4 Å². The van der Waals surface area contributed by atoms with Crippen LogP contribution in [-0.2, 0) is 20.9 Å². The van der Waals surface area contributed by atoms with E-state index in [0.717, 1.165) is 12.8 Å². The van der Waals surface area contributed by atoms with Gasteiger partial charge in [0.1, 0.15) is 5.82 Å². The molecule has 2 amide bonds. The molecule has 1 aromatic rings. The molecular formula is C19H26FN3O3. The summed E-state index contributed by atoms with van der Waals surface area (Å²) in [6.07, 6.45) is 1.92. The zero-order chi connectivity index (χ0) is 18.7. The Kier molecular flexibility index (Phi) is 5.76. The molecule has 0 radical (unpaired) electrons. The van der Waals surface area contributed by atoms with E-state index in [1.54, 1.807) is 6.07 Å². The average Bonchev–Trinajstić information content (AvgIpc) is 3.42. The number of benzene rings is 1. The lowest BCUT2D eigenvalue weighted by atomic mass is 10.1. The van der Waals surface area contributed by atoms with E-state index in [4.69, 9.17) is 4.74 Å². The van der Waals surface area contributed by atoms with E-state index in [-0.39, 0.29) is 48.8 Å². The highest BCUT2D eigenvalue weighted by Gasteiger charge is 2.29. The molecule has 3 rings (SSSR count). The Morgan fingerprint density at radius 3 is 2.50 bits per heavy atom. The molecule has 2 aliphatic rings. The maximum absolute atomic E-state index is 14.5. The van der Waals surface area contributed by atoms with Crippen molar-refractivity contribution in [3.05, 3.63) is 29.6 Å².